The summed E-state index contributed by atoms with van der Waals surface area (Å²) >= 11 is 7.21. The molecule has 0 saturated carbocycles. The quantitative estimate of drug-likeness (QED) is 0.478. The largest absolute Gasteiger partial charge is 0.507 e. The second kappa shape index (κ2) is 6.62. The Hall–Kier alpha value is -0.740. The van der Waals surface area contributed by atoms with E-state index >= 15 is 0 Å². The van der Waals surface area contributed by atoms with Crippen LogP contribution >= 0.6 is 24.8 Å². The maximum atomic E-state index is 10.3. The standard InChI is InChI=1S/C14H22O.CH2OS2/c1-13(2,3)10-8-7-9-11(12(10)15)14(4,5)6;2-1(3)4/h7-9,15H,1-6H3;(H2,2,3,4). The number of phenolic OH excluding ortho intramolecular Hbond substituents is 1. The lowest BCUT2D eigenvalue weighted by Crippen LogP contribution is -2.16. The van der Waals surface area contributed by atoms with Crippen LogP contribution in [0.25, 0.3) is 0 Å². The van der Waals surface area contributed by atoms with Gasteiger partial charge in [0.25, 0.3) is 0 Å². The summed E-state index contributed by atoms with van der Waals surface area (Å²) in [5.41, 5.74) is 2.03. The first-order chi connectivity index (χ1) is 8.37. The van der Waals surface area contributed by atoms with Crippen LogP contribution in [-0.2, 0) is 10.8 Å². The molecule has 108 valence electrons. The Morgan fingerprint density at radius 2 is 1.26 bits per heavy atom. The molecule has 0 atom stereocenters. The number of phenols is 1. The second-order valence-electron chi connectivity index (χ2n) is 6.48. The highest BCUT2D eigenvalue weighted by molar-refractivity contribution is 8.10. The molecular weight excluding hydrogens is 276 g/mol. The van der Waals surface area contributed by atoms with Gasteiger partial charge in [-0.2, -0.15) is 0 Å². The highest BCUT2D eigenvalue weighted by Crippen LogP contribution is 2.38. The Morgan fingerprint density at radius 3 is 1.47 bits per heavy atom. The topological polar surface area (TPSA) is 40.5 Å². The van der Waals surface area contributed by atoms with E-state index in [1.165, 1.54) is 0 Å². The minimum atomic E-state index is -0.306. The maximum Gasteiger partial charge on any atom is 0.214 e. The number of thiocarbonyl (C=S) groups is 1. The van der Waals surface area contributed by atoms with Crippen molar-refractivity contribution in [3.8, 4) is 5.75 Å². The minimum Gasteiger partial charge on any atom is -0.507 e. The van der Waals surface area contributed by atoms with Gasteiger partial charge in [-0.3, -0.25) is 0 Å². The molecule has 1 aromatic carbocycles. The van der Waals surface area contributed by atoms with Gasteiger partial charge in [-0.1, -0.05) is 72.4 Å². The fourth-order valence-corrected chi connectivity index (χ4v) is 1.75. The third-order valence-corrected chi connectivity index (χ3v) is 2.65. The number of aliphatic hydroxyl groups is 1. The van der Waals surface area contributed by atoms with Crippen LogP contribution in [0, 0.1) is 0 Å². The number of hydrogen-bond donors (Lipinski definition) is 3. The molecule has 2 N–H and O–H groups in total. The summed E-state index contributed by atoms with van der Waals surface area (Å²) in [5.74, 6) is 0.456. The normalized spacial score (nSPS) is 11.5. The van der Waals surface area contributed by atoms with Gasteiger partial charge in [0.1, 0.15) is 5.75 Å². The predicted octanol–water partition coefficient (Wildman–Crippen LogP) is 4.75. The fourth-order valence-electron chi connectivity index (χ4n) is 1.75. The first-order valence-electron chi connectivity index (χ1n) is 6.12. The van der Waals surface area contributed by atoms with Crippen LogP contribution in [0.1, 0.15) is 52.7 Å². The van der Waals surface area contributed by atoms with E-state index in [1.807, 2.05) is 18.2 Å². The molecule has 0 aliphatic heterocycles. The summed E-state index contributed by atoms with van der Waals surface area (Å²) in [5, 5.41) is 17.9. The van der Waals surface area contributed by atoms with Crippen LogP contribution in [0.5, 0.6) is 5.75 Å². The van der Waals surface area contributed by atoms with E-state index < -0.39 is 0 Å². The van der Waals surface area contributed by atoms with Crippen LogP contribution in [0.3, 0.4) is 0 Å². The van der Waals surface area contributed by atoms with Crippen molar-refractivity contribution < 1.29 is 10.2 Å². The molecule has 2 nitrogen and oxygen atoms in total. The van der Waals surface area contributed by atoms with Crippen LogP contribution < -0.4 is 0 Å². The molecule has 0 amide bonds. The number of thiol groups is 1. The van der Waals surface area contributed by atoms with Crippen molar-refractivity contribution in [1.82, 2.24) is 0 Å². The summed E-state index contributed by atoms with van der Waals surface area (Å²) in [6, 6.07) is 6.04. The van der Waals surface area contributed by atoms with E-state index in [0.717, 1.165) is 11.1 Å². The van der Waals surface area contributed by atoms with Crippen LogP contribution in [0.15, 0.2) is 18.2 Å². The van der Waals surface area contributed by atoms with E-state index in [-0.39, 0.29) is 15.2 Å². The number of aromatic hydroxyl groups is 1. The van der Waals surface area contributed by atoms with Gasteiger partial charge < -0.3 is 10.2 Å². The van der Waals surface area contributed by atoms with Crippen molar-refractivity contribution in [3.63, 3.8) is 0 Å². The average molecular weight is 300 g/mol. The van der Waals surface area contributed by atoms with Gasteiger partial charge in [-0.15, -0.1) is 0 Å². The molecular formula is C15H24O2S2. The fraction of sp³-hybridized carbons (Fsp3) is 0.533. The van der Waals surface area contributed by atoms with Crippen molar-refractivity contribution in [3.05, 3.63) is 29.3 Å². The molecule has 0 bridgehead atoms. The Bertz CT molecular complexity index is 404. The number of rotatable bonds is 0. The van der Waals surface area contributed by atoms with Crippen LogP contribution in [0.4, 0.5) is 0 Å². The van der Waals surface area contributed by atoms with Gasteiger partial charge in [0.15, 0.2) is 0 Å². The van der Waals surface area contributed by atoms with Crippen molar-refractivity contribution in [1.29, 1.82) is 0 Å². The Kier molecular flexibility index (Phi) is 6.36. The number of benzene rings is 1. The highest BCUT2D eigenvalue weighted by Gasteiger charge is 2.24. The highest BCUT2D eigenvalue weighted by atomic mass is 32.1. The molecule has 19 heavy (non-hydrogen) atoms. The van der Waals surface area contributed by atoms with Crippen molar-refractivity contribution in [2.24, 2.45) is 0 Å². The van der Waals surface area contributed by atoms with Gasteiger partial charge in [0.2, 0.25) is 4.38 Å². The molecule has 1 rings (SSSR count). The molecule has 4 heteroatoms. The van der Waals surface area contributed by atoms with E-state index in [9.17, 15) is 5.11 Å². The first kappa shape index (κ1) is 18.3. The molecule has 0 aromatic heterocycles. The van der Waals surface area contributed by atoms with E-state index in [1.54, 1.807) is 0 Å². The lowest BCUT2D eigenvalue weighted by Gasteiger charge is -2.26. The maximum absolute atomic E-state index is 10.3. The third kappa shape index (κ3) is 6.30. The number of aliphatic hydroxyl groups excluding tert-OH is 1. The molecule has 1 aromatic rings. The average Bonchev–Trinajstić information content (AvgIpc) is 2.12. The Balaban J connectivity index is 0.000000711. The summed E-state index contributed by atoms with van der Waals surface area (Å²) < 4.78 is -0.306. The van der Waals surface area contributed by atoms with Gasteiger partial charge in [0.05, 0.1) is 0 Å². The molecule has 0 radical (unpaired) electrons. The zero-order valence-electron chi connectivity index (χ0n) is 12.5. The van der Waals surface area contributed by atoms with Gasteiger partial charge in [-0.05, 0) is 34.2 Å². The summed E-state index contributed by atoms with van der Waals surface area (Å²) in [6.07, 6.45) is 0. The van der Waals surface area contributed by atoms with Crippen LogP contribution in [0.2, 0.25) is 0 Å². The SMILES string of the molecule is CC(C)(C)c1cccc(C(C)(C)C)c1O.OC(=S)S. The van der Waals surface area contributed by atoms with Crippen molar-refractivity contribution >= 4 is 29.2 Å². The Morgan fingerprint density at radius 1 is 1.00 bits per heavy atom. The molecule has 0 aliphatic carbocycles. The molecule has 0 heterocycles. The van der Waals surface area contributed by atoms with Crippen molar-refractivity contribution in [2.75, 3.05) is 0 Å². The number of para-hydroxylation sites is 1. The monoisotopic (exact) mass is 300 g/mol. The predicted molar refractivity (Wildman–Crippen MR) is 89.7 cm³/mol. The van der Waals surface area contributed by atoms with Crippen molar-refractivity contribution in [2.45, 2.75) is 52.4 Å². The van der Waals surface area contributed by atoms with Gasteiger partial charge in [0, 0.05) is 0 Å². The molecule has 0 fully saturated rings. The summed E-state index contributed by atoms with van der Waals surface area (Å²) in [4.78, 5) is 0. The van der Waals surface area contributed by atoms with Crippen LogP contribution in [-0.4, -0.2) is 14.6 Å². The lowest BCUT2D eigenvalue weighted by molar-refractivity contribution is 0.423. The lowest BCUT2D eigenvalue weighted by atomic mass is 9.80. The molecule has 0 unspecified atom stereocenters. The minimum absolute atomic E-state index is 0.00859. The van der Waals surface area contributed by atoms with Gasteiger partial charge >= 0.3 is 0 Å². The number of hydrogen-bond acceptors (Lipinski definition) is 2. The Labute approximate surface area is 127 Å². The summed E-state index contributed by atoms with van der Waals surface area (Å²) in [6.45, 7) is 12.7. The molecule has 0 aliphatic rings. The molecule has 0 spiro atoms. The molecule has 0 saturated heterocycles. The van der Waals surface area contributed by atoms with E-state index in [2.05, 4.69) is 66.4 Å². The summed E-state index contributed by atoms with van der Waals surface area (Å²) in [7, 11) is 0. The van der Waals surface area contributed by atoms with E-state index in [4.69, 9.17) is 5.11 Å². The zero-order chi connectivity index (χ0) is 15.4. The smallest absolute Gasteiger partial charge is 0.214 e. The van der Waals surface area contributed by atoms with E-state index in [0.29, 0.717) is 5.75 Å². The van der Waals surface area contributed by atoms with Gasteiger partial charge in [-0.25, -0.2) is 0 Å². The second-order valence-corrected chi connectivity index (χ2v) is 7.60. The zero-order valence-corrected chi connectivity index (χ0v) is 14.2. The third-order valence-electron chi connectivity index (χ3n) is 2.65. The first-order valence-corrected chi connectivity index (χ1v) is 6.97.